The molecule has 26 heavy (non-hydrogen) atoms. The highest BCUT2D eigenvalue weighted by Gasteiger charge is 2.27. The number of hydrogen-bond acceptors (Lipinski definition) is 5. The average molecular weight is 377 g/mol. The van der Waals surface area contributed by atoms with Crippen molar-refractivity contribution in [3.8, 4) is 0 Å². The first-order valence-electron chi connectivity index (χ1n) is 8.90. The number of aromatic nitrogens is 2. The second kappa shape index (κ2) is 7.27. The number of fused-ring (bicyclic) bond motifs is 1. The van der Waals surface area contributed by atoms with E-state index in [1.54, 1.807) is 4.90 Å². The molecule has 1 aromatic carbocycles. The maximum absolute atomic E-state index is 12.2. The molecule has 7 heteroatoms. The quantitative estimate of drug-likeness (QED) is 0.786. The van der Waals surface area contributed by atoms with Crippen LogP contribution >= 0.6 is 11.6 Å². The third kappa shape index (κ3) is 4.36. The molecule has 6 nitrogen and oxygen atoms in total. The van der Waals surface area contributed by atoms with Gasteiger partial charge in [-0.1, -0.05) is 12.1 Å². The van der Waals surface area contributed by atoms with E-state index in [0.717, 1.165) is 35.1 Å². The number of carbonyl (C=O) groups excluding carboxylic acids is 1. The van der Waals surface area contributed by atoms with Gasteiger partial charge in [0.25, 0.3) is 0 Å². The summed E-state index contributed by atoms with van der Waals surface area (Å²) in [5, 5.41) is 4.68. The summed E-state index contributed by atoms with van der Waals surface area (Å²) in [7, 11) is 0. The first kappa shape index (κ1) is 18.7. The predicted molar refractivity (Wildman–Crippen MR) is 104 cm³/mol. The van der Waals surface area contributed by atoms with Crippen molar-refractivity contribution >= 4 is 34.4 Å². The number of rotatable bonds is 2. The third-order valence-electron chi connectivity index (χ3n) is 4.39. The fourth-order valence-electron chi connectivity index (χ4n) is 3.10. The van der Waals surface area contributed by atoms with Gasteiger partial charge in [-0.3, -0.25) is 0 Å². The number of anilines is 1. The molecule has 3 rings (SSSR count). The number of nitrogens with one attached hydrogen (secondary N) is 1. The van der Waals surface area contributed by atoms with Crippen LogP contribution in [0, 0.1) is 6.92 Å². The molecule has 0 aliphatic carbocycles. The van der Waals surface area contributed by atoms with Gasteiger partial charge in [-0.25, -0.2) is 14.8 Å². The van der Waals surface area contributed by atoms with Crippen LogP contribution < -0.4 is 5.32 Å². The predicted octanol–water partition coefficient (Wildman–Crippen LogP) is 4.40. The summed E-state index contributed by atoms with van der Waals surface area (Å²) >= 11 is 6.11. The van der Waals surface area contributed by atoms with Gasteiger partial charge in [-0.15, -0.1) is 0 Å². The van der Waals surface area contributed by atoms with E-state index >= 15 is 0 Å². The van der Waals surface area contributed by atoms with Crippen molar-refractivity contribution in [2.24, 2.45) is 0 Å². The maximum atomic E-state index is 12.2. The summed E-state index contributed by atoms with van der Waals surface area (Å²) in [6, 6.07) is 6.22. The molecule has 0 unspecified atom stereocenters. The minimum atomic E-state index is -0.472. The Kier molecular flexibility index (Phi) is 5.23. The molecule has 0 atom stereocenters. The van der Waals surface area contributed by atoms with Crippen LogP contribution in [0.25, 0.3) is 10.9 Å². The molecular weight excluding hydrogens is 352 g/mol. The van der Waals surface area contributed by atoms with Gasteiger partial charge in [0.1, 0.15) is 11.4 Å². The summed E-state index contributed by atoms with van der Waals surface area (Å²) in [6.07, 6.45) is 1.41. The lowest BCUT2D eigenvalue weighted by Gasteiger charge is -2.34. The van der Waals surface area contributed by atoms with E-state index in [1.807, 2.05) is 45.9 Å². The molecule has 0 spiro atoms. The fourth-order valence-corrected chi connectivity index (χ4v) is 3.27. The van der Waals surface area contributed by atoms with E-state index in [0.29, 0.717) is 13.1 Å². The Morgan fingerprint density at radius 3 is 2.62 bits per heavy atom. The van der Waals surface area contributed by atoms with Crippen LogP contribution in [-0.4, -0.2) is 45.7 Å². The molecule has 2 heterocycles. The number of amides is 1. The Morgan fingerprint density at radius 1 is 1.27 bits per heavy atom. The van der Waals surface area contributed by atoms with Gasteiger partial charge in [0, 0.05) is 24.5 Å². The van der Waals surface area contributed by atoms with E-state index in [-0.39, 0.29) is 17.4 Å². The highest BCUT2D eigenvalue weighted by molar-refractivity contribution is 6.28. The van der Waals surface area contributed by atoms with Crippen LogP contribution in [0.2, 0.25) is 5.28 Å². The van der Waals surface area contributed by atoms with Crippen LogP contribution in [0.1, 0.15) is 39.2 Å². The second-order valence-corrected chi connectivity index (χ2v) is 8.04. The molecule has 0 bridgehead atoms. The maximum Gasteiger partial charge on any atom is 0.410 e. The molecule has 1 fully saturated rings. The van der Waals surface area contributed by atoms with E-state index < -0.39 is 5.60 Å². The van der Waals surface area contributed by atoms with Crippen molar-refractivity contribution in [1.82, 2.24) is 14.9 Å². The zero-order chi connectivity index (χ0) is 18.9. The molecule has 2 aromatic rings. The molecule has 1 saturated heterocycles. The smallest absolute Gasteiger partial charge is 0.410 e. The number of ether oxygens (including phenoxy) is 1. The van der Waals surface area contributed by atoms with E-state index in [1.165, 1.54) is 0 Å². The van der Waals surface area contributed by atoms with E-state index in [2.05, 4.69) is 15.3 Å². The monoisotopic (exact) mass is 376 g/mol. The zero-order valence-corrected chi connectivity index (χ0v) is 16.4. The molecule has 0 saturated carbocycles. The number of carbonyl (C=O) groups is 1. The molecule has 1 N–H and O–H groups in total. The normalized spacial score (nSPS) is 16.0. The number of nitrogens with zero attached hydrogens (tertiary/aromatic N) is 3. The zero-order valence-electron chi connectivity index (χ0n) is 15.7. The Balaban J connectivity index is 1.68. The number of hydrogen-bond donors (Lipinski definition) is 1. The largest absolute Gasteiger partial charge is 0.444 e. The van der Waals surface area contributed by atoms with Crippen molar-refractivity contribution in [1.29, 1.82) is 0 Å². The van der Waals surface area contributed by atoms with E-state index in [4.69, 9.17) is 16.3 Å². The van der Waals surface area contributed by atoms with Crippen molar-refractivity contribution in [2.75, 3.05) is 18.4 Å². The molecule has 1 aliphatic rings. The van der Waals surface area contributed by atoms with Gasteiger partial charge in [-0.2, -0.15) is 0 Å². The fraction of sp³-hybridized carbons (Fsp3) is 0.526. The molecule has 1 aliphatic heterocycles. The number of benzene rings is 1. The van der Waals surface area contributed by atoms with Gasteiger partial charge in [-0.05, 0) is 63.8 Å². The Labute approximate surface area is 158 Å². The van der Waals surface area contributed by atoms with Crippen LogP contribution in [-0.2, 0) is 4.74 Å². The summed E-state index contributed by atoms with van der Waals surface area (Å²) < 4.78 is 5.45. The van der Waals surface area contributed by atoms with Crippen LogP contribution in [0.5, 0.6) is 0 Å². The minimum absolute atomic E-state index is 0.225. The number of para-hydroxylation sites is 1. The standard InChI is InChI=1S/C19H25ClN4O2/c1-12-6-5-7-14-15(12)22-17(20)23-16(14)21-13-8-10-24(11-9-13)18(25)26-19(2,3)4/h5-7,13H,8-11H2,1-4H3,(H,21,22,23). The second-order valence-electron chi connectivity index (χ2n) is 7.70. The molecule has 1 amide bonds. The first-order valence-corrected chi connectivity index (χ1v) is 9.28. The number of piperidine rings is 1. The topological polar surface area (TPSA) is 67.4 Å². The highest BCUT2D eigenvalue weighted by Crippen LogP contribution is 2.26. The van der Waals surface area contributed by atoms with Crippen molar-refractivity contribution in [3.05, 3.63) is 29.0 Å². The van der Waals surface area contributed by atoms with Gasteiger partial charge in [0.15, 0.2) is 0 Å². The number of halogens is 1. The first-order chi connectivity index (χ1) is 12.2. The average Bonchev–Trinajstić information content (AvgIpc) is 2.55. The van der Waals surface area contributed by atoms with Crippen molar-refractivity contribution in [3.63, 3.8) is 0 Å². The van der Waals surface area contributed by atoms with Gasteiger partial charge in [0.2, 0.25) is 5.28 Å². The lowest BCUT2D eigenvalue weighted by molar-refractivity contribution is 0.0210. The van der Waals surface area contributed by atoms with Crippen LogP contribution in [0.3, 0.4) is 0 Å². The molecular formula is C19H25ClN4O2. The van der Waals surface area contributed by atoms with Gasteiger partial charge in [0.05, 0.1) is 5.52 Å². The van der Waals surface area contributed by atoms with E-state index in [9.17, 15) is 4.79 Å². The summed E-state index contributed by atoms with van der Waals surface area (Å²) in [5.74, 6) is 0.749. The Morgan fingerprint density at radius 2 is 1.96 bits per heavy atom. The summed E-state index contributed by atoms with van der Waals surface area (Å²) in [4.78, 5) is 22.7. The van der Waals surface area contributed by atoms with Gasteiger partial charge < -0.3 is 15.0 Å². The van der Waals surface area contributed by atoms with Crippen LogP contribution in [0.15, 0.2) is 18.2 Å². The summed E-state index contributed by atoms with van der Waals surface area (Å²) in [6.45, 7) is 8.96. The minimum Gasteiger partial charge on any atom is -0.444 e. The number of aryl methyl sites for hydroxylation is 1. The highest BCUT2D eigenvalue weighted by atomic mass is 35.5. The lowest BCUT2D eigenvalue weighted by Crippen LogP contribution is -2.44. The molecule has 140 valence electrons. The molecule has 1 aromatic heterocycles. The summed E-state index contributed by atoms with van der Waals surface area (Å²) in [5.41, 5.74) is 1.46. The third-order valence-corrected chi connectivity index (χ3v) is 4.56. The Hall–Kier alpha value is -2.08. The SMILES string of the molecule is Cc1cccc2c(NC3CCN(C(=O)OC(C)(C)C)CC3)nc(Cl)nc12. The molecule has 0 radical (unpaired) electrons. The number of likely N-dealkylation sites (tertiary alicyclic amines) is 1. The van der Waals surface area contributed by atoms with Gasteiger partial charge >= 0.3 is 6.09 Å². The van der Waals surface area contributed by atoms with Crippen LogP contribution in [0.4, 0.5) is 10.6 Å². The van der Waals surface area contributed by atoms with Crippen molar-refractivity contribution < 1.29 is 9.53 Å². The Bertz CT molecular complexity index is 811. The van der Waals surface area contributed by atoms with Crippen molar-refractivity contribution in [2.45, 2.75) is 52.2 Å². The lowest BCUT2D eigenvalue weighted by atomic mass is 10.0.